The number of halogens is 3. The lowest BCUT2D eigenvalue weighted by molar-refractivity contribution is -0.136. The third kappa shape index (κ3) is 5.36. The van der Waals surface area contributed by atoms with Crippen LogP contribution in [0.2, 0.25) is 0 Å². The molecule has 0 spiro atoms. The molecule has 1 aliphatic heterocycles. The number of hydrogen-bond donors (Lipinski definition) is 1. The normalized spacial score (nSPS) is 16.7. The van der Waals surface area contributed by atoms with Crippen LogP contribution in [-0.4, -0.2) is 76.5 Å². The number of fused-ring (bicyclic) bond motifs is 1. The summed E-state index contributed by atoms with van der Waals surface area (Å²) in [5.41, 5.74) is -0.291. The van der Waals surface area contributed by atoms with Crippen LogP contribution in [0, 0.1) is 6.92 Å². The van der Waals surface area contributed by atoms with Crippen molar-refractivity contribution in [2.24, 2.45) is 0 Å². The van der Waals surface area contributed by atoms with Crippen molar-refractivity contribution >= 4 is 38.1 Å². The number of anilines is 1. The minimum absolute atomic E-state index is 0.138. The van der Waals surface area contributed by atoms with Gasteiger partial charge in [0.05, 0.1) is 23.0 Å². The number of nitrogens with zero attached hydrogens (tertiary/aromatic N) is 6. The summed E-state index contributed by atoms with van der Waals surface area (Å²) >= 11 is 1.04. The van der Waals surface area contributed by atoms with Crippen molar-refractivity contribution in [3.63, 3.8) is 0 Å². The molecule has 0 aliphatic carbocycles. The van der Waals surface area contributed by atoms with E-state index in [1.54, 1.807) is 19.1 Å². The number of aryl methyl sites for hydroxylation is 1. The molecule has 0 radical (unpaired) electrons. The quantitative estimate of drug-likeness (QED) is 0.355. The van der Waals surface area contributed by atoms with Crippen molar-refractivity contribution in [2.75, 3.05) is 38.0 Å². The molecule has 1 fully saturated rings. The maximum atomic E-state index is 13.4. The largest absolute Gasteiger partial charge is 0.418 e. The number of rotatable bonds is 7. The van der Waals surface area contributed by atoms with Crippen molar-refractivity contribution in [2.45, 2.75) is 30.3 Å². The zero-order valence-electron chi connectivity index (χ0n) is 20.4. The highest BCUT2D eigenvalue weighted by molar-refractivity contribution is 7.91. The molecule has 4 aromatic rings. The molecule has 0 unspecified atom stereocenters. The Morgan fingerprint density at radius 2 is 1.92 bits per heavy atom. The van der Waals surface area contributed by atoms with Gasteiger partial charge in [-0.15, -0.1) is 0 Å². The summed E-state index contributed by atoms with van der Waals surface area (Å²) in [6.07, 6.45) is -2.07. The molecule has 5 rings (SSSR count). The van der Waals surface area contributed by atoms with Gasteiger partial charge in [-0.3, -0.25) is 4.90 Å². The Balaban J connectivity index is 1.21. The Hall–Kier alpha value is -3.14. The topological polar surface area (TPSA) is 117 Å². The van der Waals surface area contributed by atoms with Gasteiger partial charge in [0.15, 0.2) is 15.0 Å². The second-order valence-corrected chi connectivity index (χ2v) is 12.2. The maximum Gasteiger partial charge on any atom is 0.418 e. The molecule has 1 N–H and O–H groups in total. The molecule has 1 saturated heterocycles. The summed E-state index contributed by atoms with van der Waals surface area (Å²) in [6, 6.07) is 5.42. The van der Waals surface area contributed by atoms with Gasteiger partial charge in [0, 0.05) is 50.2 Å². The lowest BCUT2D eigenvalue weighted by Crippen LogP contribution is -2.50. The number of para-hydroxylation sites is 1. The molecule has 1 aromatic carbocycles. The molecule has 3 aromatic heterocycles. The van der Waals surface area contributed by atoms with Crippen molar-refractivity contribution in [1.82, 2.24) is 29.3 Å². The van der Waals surface area contributed by atoms with Crippen molar-refractivity contribution in [3.8, 4) is 10.8 Å². The first-order valence-electron chi connectivity index (χ1n) is 11.7. The number of piperazine rings is 1. The van der Waals surface area contributed by atoms with Crippen LogP contribution in [0.25, 0.3) is 21.7 Å². The van der Waals surface area contributed by atoms with E-state index in [0.29, 0.717) is 55.0 Å². The highest BCUT2D eigenvalue weighted by Gasteiger charge is 2.34. The Morgan fingerprint density at radius 3 is 2.61 bits per heavy atom. The fraction of sp³-hybridized carbons (Fsp3) is 0.391. The highest BCUT2D eigenvalue weighted by atomic mass is 32.2. The summed E-state index contributed by atoms with van der Waals surface area (Å²) in [6.45, 7) is 5.82. The minimum atomic E-state index is -4.52. The van der Waals surface area contributed by atoms with Crippen LogP contribution >= 0.6 is 11.3 Å². The van der Waals surface area contributed by atoms with Gasteiger partial charge in [0.25, 0.3) is 10.0 Å². The second kappa shape index (κ2) is 10.2. The van der Waals surface area contributed by atoms with Gasteiger partial charge in [-0.05, 0) is 26.0 Å². The number of hydrogen-bond acceptors (Lipinski definition) is 10. The lowest BCUT2D eigenvalue weighted by atomic mass is 10.1. The van der Waals surface area contributed by atoms with Crippen molar-refractivity contribution in [1.29, 1.82) is 0 Å². The predicted molar refractivity (Wildman–Crippen MR) is 135 cm³/mol. The number of aromatic nitrogens is 4. The monoisotopic (exact) mass is 567 g/mol. The van der Waals surface area contributed by atoms with Gasteiger partial charge < -0.3 is 9.84 Å². The fourth-order valence-electron chi connectivity index (χ4n) is 4.33. The molecule has 38 heavy (non-hydrogen) atoms. The van der Waals surface area contributed by atoms with Crippen LogP contribution in [-0.2, 0) is 16.2 Å². The lowest BCUT2D eigenvalue weighted by Gasteiger charge is -2.35. The molecular formula is C23H24F3N7O3S2. The Kier molecular flexibility index (Phi) is 7.11. The molecule has 0 bridgehead atoms. The molecule has 0 amide bonds. The molecule has 1 atom stereocenters. The minimum Gasteiger partial charge on any atom is -0.366 e. The summed E-state index contributed by atoms with van der Waals surface area (Å²) in [5.74, 6) is 0.740. The van der Waals surface area contributed by atoms with Gasteiger partial charge in [0.1, 0.15) is 12.1 Å². The Bertz CT molecular complexity index is 1550. The standard InChI is InChI=1S/C23H24F3N7O3S2/c1-14-10-18(36-31-14)22-27-11-19(37-22)38(34,35)33-8-6-32(7-9-33)12-15(2)30-21-16-4-3-5-17(23(24,25)26)20(16)28-13-29-21/h3-5,10-11,13,15H,6-9,12H2,1-2H3,(H,28,29,30)/t15-/m0/s1. The van der Waals surface area contributed by atoms with Gasteiger partial charge in [-0.1, -0.05) is 22.6 Å². The fourth-order valence-corrected chi connectivity index (χ4v) is 6.99. The summed E-state index contributed by atoms with van der Waals surface area (Å²) < 4.78 is 73.2. The average molecular weight is 568 g/mol. The Labute approximate surface area is 220 Å². The summed E-state index contributed by atoms with van der Waals surface area (Å²) in [5, 5.41) is 7.73. The number of benzene rings is 1. The van der Waals surface area contributed by atoms with Crippen molar-refractivity contribution < 1.29 is 26.1 Å². The predicted octanol–water partition coefficient (Wildman–Crippen LogP) is 3.88. The number of sulfonamides is 1. The van der Waals surface area contributed by atoms with Crippen LogP contribution in [0.15, 0.2) is 45.5 Å². The van der Waals surface area contributed by atoms with E-state index in [1.807, 2.05) is 6.92 Å². The van der Waals surface area contributed by atoms with E-state index in [4.69, 9.17) is 4.52 Å². The van der Waals surface area contributed by atoms with E-state index in [-0.39, 0.29) is 21.2 Å². The highest BCUT2D eigenvalue weighted by Crippen LogP contribution is 2.35. The van der Waals surface area contributed by atoms with Gasteiger partial charge in [0.2, 0.25) is 0 Å². The summed E-state index contributed by atoms with van der Waals surface area (Å²) in [7, 11) is -3.71. The van der Waals surface area contributed by atoms with Crippen LogP contribution in [0.3, 0.4) is 0 Å². The van der Waals surface area contributed by atoms with Crippen LogP contribution in [0.4, 0.5) is 19.0 Å². The third-order valence-corrected chi connectivity index (χ3v) is 9.48. The van der Waals surface area contributed by atoms with E-state index in [9.17, 15) is 21.6 Å². The molecule has 15 heteroatoms. The van der Waals surface area contributed by atoms with Crippen LogP contribution < -0.4 is 5.32 Å². The first-order chi connectivity index (χ1) is 18.0. The summed E-state index contributed by atoms with van der Waals surface area (Å²) in [4.78, 5) is 14.3. The van der Waals surface area contributed by atoms with Gasteiger partial charge in [-0.2, -0.15) is 17.5 Å². The van der Waals surface area contributed by atoms with E-state index in [2.05, 4.69) is 30.3 Å². The first kappa shape index (κ1) is 26.5. The number of thiazole rings is 1. The third-order valence-electron chi connectivity index (χ3n) is 6.13. The molecular weight excluding hydrogens is 543 g/mol. The van der Waals surface area contributed by atoms with Crippen LogP contribution in [0.1, 0.15) is 18.2 Å². The molecule has 202 valence electrons. The molecule has 1 aliphatic rings. The van der Waals surface area contributed by atoms with E-state index in [0.717, 1.165) is 23.7 Å². The van der Waals surface area contributed by atoms with E-state index >= 15 is 0 Å². The molecule has 0 saturated carbocycles. The smallest absolute Gasteiger partial charge is 0.366 e. The average Bonchev–Trinajstić information content (AvgIpc) is 3.53. The van der Waals surface area contributed by atoms with Gasteiger partial charge >= 0.3 is 6.18 Å². The van der Waals surface area contributed by atoms with Crippen LogP contribution in [0.5, 0.6) is 0 Å². The number of nitrogens with one attached hydrogen (secondary N) is 1. The van der Waals surface area contributed by atoms with Gasteiger partial charge in [-0.25, -0.2) is 23.4 Å². The zero-order valence-corrected chi connectivity index (χ0v) is 22.1. The molecule has 10 nitrogen and oxygen atoms in total. The SMILES string of the molecule is Cc1cc(-c2ncc(S(=O)(=O)N3CCN(C[C@H](C)Nc4ncnc5c(C(F)(F)F)cccc45)CC3)s2)on1. The second-order valence-electron chi connectivity index (χ2n) is 8.99. The zero-order chi connectivity index (χ0) is 27.1. The van der Waals surface area contributed by atoms with Crippen molar-refractivity contribution in [3.05, 3.63) is 48.0 Å². The van der Waals surface area contributed by atoms with E-state index < -0.39 is 21.8 Å². The molecule has 4 heterocycles. The van der Waals surface area contributed by atoms with E-state index in [1.165, 1.54) is 16.6 Å². The Morgan fingerprint density at radius 1 is 1.16 bits per heavy atom. The first-order valence-corrected chi connectivity index (χ1v) is 14.0. The number of alkyl halides is 3. The maximum absolute atomic E-state index is 13.4.